The zero-order valence-corrected chi connectivity index (χ0v) is 11.4. The number of aromatic nitrogens is 3. The lowest BCUT2D eigenvalue weighted by Crippen LogP contribution is -2.08. The van der Waals surface area contributed by atoms with Crippen LogP contribution < -0.4 is 5.73 Å². The van der Waals surface area contributed by atoms with Crippen LogP contribution in [0.15, 0.2) is 16.6 Å². The van der Waals surface area contributed by atoms with Gasteiger partial charge in [-0.15, -0.1) is 5.10 Å². The molecule has 1 aromatic heterocycles. The lowest BCUT2D eigenvalue weighted by Gasteiger charge is -2.10. The second-order valence-corrected chi connectivity index (χ2v) is 5.00. The Hall–Kier alpha value is -1.50. The van der Waals surface area contributed by atoms with Gasteiger partial charge in [0, 0.05) is 6.07 Å². The molecule has 96 valence electrons. The summed E-state index contributed by atoms with van der Waals surface area (Å²) in [6.45, 7) is 3.75. The number of rotatable bonds is 2. The Morgan fingerprint density at radius 1 is 1.28 bits per heavy atom. The van der Waals surface area contributed by atoms with E-state index in [4.69, 9.17) is 5.73 Å². The first-order valence-corrected chi connectivity index (χ1v) is 6.07. The molecule has 0 spiro atoms. The van der Waals surface area contributed by atoms with E-state index in [2.05, 4.69) is 26.2 Å². The van der Waals surface area contributed by atoms with Crippen LogP contribution in [-0.2, 0) is 0 Å². The first-order valence-electron chi connectivity index (χ1n) is 5.27. The fraction of sp³-hybridized carbons (Fsp3) is 0.273. The van der Waals surface area contributed by atoms with Crippen LogP contribution in [0.5, 0.6) is 0 Å². The summed E-state index contributed by atoms with van der Waals surface area (Å²) in [4.78, 5) is 0. The number of hydrogen-bond donors (Lipinski definition) is 1. The van der Waals surface area contributed by atoms with Crippen LogP contribution in [0.1, 0.15) is 25.5 Å². The summed E-state index contributed by atoms with van der Waals surface area (Å²) in [5.74, 6) is -0.968. The third-order valence-corrected chi connectivity index (χ3v) is 3.11. The Labute approximate surface area is 111 Å². The van der Waals surface area contributed by atoms with Crippen molar-refractivity contribution >= 4 is 21.7 Å². The van der Waals surface area contributed by atoms with E-state index in [0.29, 0.717) is 5.69 Å². The highest BCUT2D eigenvalue weighted by Crippen LogP contribution is 2.27. The highest BCUT2D eigenvalue weighted by Gasteiger charge is 2.19. The molecule has 1 aromatic carbocycles. The van der Waals surface area contributed by atoms with E-state index in [0.717, 1.165) is 12.1 Å². The van der Waals surface area contributed by atoms with E-state index in [-0.39, 0.29) is 21.9 Å². The van der Waals surface area contributed by atoms with Crippen molar-refractivity contribution in [1.82, 2.24) is 15.0 Å². The summed E-state index contributed by atoms with van der Waals surface area (Å²) in [5.41, 5.74) is 6.22. The topological polar surface area (TPSA) is 56.7 Å². The zero-order valence-electron chi connectivity index (χ0n) is 9.78. The summed E-state index contributed by atoms with van der Waals surface area (Å²) in [7, 11) is 0. The van der Waals surface area contributed by atoms with Gasteiger partial charge in [0.1, 0.15) is 17.3 Å². The molecular weight excluding hydrogens is 306 g/mol. The average Bonchev–Trinajstić information content (AvgIpc) is 2.65. The van der Waals surface area contributed by atoms with Crippen LogP contribution in [0.3, 0.4) is 0 Å². The molecule has 0 radical (unpaired) electrons. The Kier molecular flexibility index (Phi) is 3.34. The van der Waals surface area contributed by atoms with Crippen molar-refractivity contribution in [3.05, 3.63) is 33.9 Å². The van der Waals surface area contributed by atoms with E-state index in [1.165, 1.54) is 4.68 Å². The molecule has 0 saturated heterocycles. The van der Waals surface area contributed by atoms with E-state index in [1.54, 1.807) is 0 Å². The van der Waals surface area contributed by atoms with Crippen molar-refractivity contribution in [2.75, 3.05) is 5.73 Å². The molecule has 18 heavy (non-hydrogen) atoms. The number of nitrogens with two attached hydrogens (primary N) is 1. The van der Waals surface area contributed by atoms with Gasteiger partial charge in [0.25, 0.3) is 0 Å². The van der Waals surface area contributed by atoms with Crippen molar-refractivity contribution in [3.63, 3.8) is 0 Å². The van der Waals surface area contributed by atoms with Crippen molar-refractivity contribution < 1.29 is 8.78 Å². The maximum atomic E-state index is 13.8. The van der Waals surface area contributed by atoms with Gasteiger partial charge in [0.05, 0.1) is 10.2 Å². The summed E-state index contributed by atoms with van der Waals surface area (Å²) in [5, 5.41) is 7.46. The number of nitrogen functional groups attached to an aromatic ring is 1. The van der Waals surface area contributed by atoms with Crippen LogP contribution in [0, 0.1) is 11.6 Å². The molecule has 1 heterocycles. The van der Waals surface area contributed by atoms with E-state index in [9.17, 15) is 8.78 Å². The Morgan fingerprint density at radius 3 is 2.56 bits per heavy atom. The van der Waals surface area contributed by atoms with E-state index in [1.807, 2.05) is 13.8 Å². The molecule has 0 aliphatic heterocycles. The van der Waals surface area contributed by atoms with Gasteiger partial charge in [-0.25, -0.2) is 13.5 Å². The van der Waals surface area contributed by atoms with E-state index < -0.39 is 11.6 Å². The van der Waals surface area contributed by atoms with Gasteiger partial charge in [0.15, 0.2) is 5.82 Å². The van der Waals surface area contributed by atoms with Gasteiger partial charge in [0.2, 0.25) is 0 Å². The molecule has 2 aromatic rings. The van der Waals surface area contributed by atoms with Crippen LogP contribution in [0.25, 0.3) is 5.69 Å². The molecule has 0 amide bonds. The quantitative estimate of drug-likeness (QED) is 0.866. The molecule has 0 aliphatic rings. The fourth-order valence-electron chi connectivity index (χ4n) is 1.69. The van der Waals surface area contributed by atoms with Gasteiger partial charge in [-0.1, -0.05) is 19.1 Å². The predicted octanol–water partition coefficient (Wildman–Crippen LogP) is 3.01. The SMILES string of the molecule is CC(C)c1c(N)nnn1-c1cc(F)c(Br)cc1F. The summed E-state index contributed by atoms with van der Waals surface area (Å²) < 4.78 is 28.6. The lowest BCUT2D eigenvalue weighted by molar-refractivity contribution is 0.573. The molecule has 0 atom stereocenters. The molecule has 7 heteroatoms. The van der Waals surface area contributed by atoms with Gasteiger partial charge < -0.3 is 5.73 Å². The normalized spacial score (nSPS) is 11.2. The average molecular weight is 317 g/mol. The molecule has 2 rings (SSSR count). The van der Waals surface area contributed by atoms with Crippen LogP contribution in [0.4, 0.5) is 14.6 Å². The standard InChI is InChI=1S/C11H11BrF2N4/c1-5(2)10-11(15)16-17-18(10)9-4-7(13)6(12)3-8(9)14/h3-5H,15H2,1-2H3. The van der Waals surface area contributed by atoms with Gasteiger partial charge in [-0.3, -0.25) is 0 Å². The number of benzene rings is 1. The minimum atomic E-state index is -0.602. The Bertz CT molecular complexity index is 595. The first kappa shape index (κ1) is 12.9. The Morgan fingerprint density at radius 2 is 1.94 bits per heavy atom. The zero-order chi connectivity index (χ0) is 13.4. The van der Waals surface area contributed by atoms with Crippen LogP contribution in [-0.4, -0.2) is 15.0 Å². The monoisotopic (exact) mass is 316 g/mol. The first-order chi connectivity index (χ1) is 8.41. The fourth-order valence-corrected chi connectivity index (χ4v) is 2.01. The summed E-state index contributed by atoms with van der Waals surface area (Å²) >= 11 is 2.92. The minimum Gasteiger partial charge on any atom is -0.381 e. The van der Waals surface area contributed by atoms with Gasteiger partial charge in [-0.05, 0) is 27.9 Å². The molecule has 0 fully saturated rings. The van der Waals surface area contributed by atoms with Crippen molar-refractivity contribution in [2.24, 2.45) is 0 Å². The lowest BCUT2D eigenvalue weighted by atomic mass is 10.1. The smallest absolute Gasteiger partial charge is 0.169 e. The Balaban J connectivity index is 2.66. The molecular formula is C11H11BrF2N4. The number of anilines is 1. The largest absolute Gasteiger partial charge is 0.381 e. The third kappa shape index (κ3) is 2.10. The highest BCUT2D eigenvalue weighted by molar-refractivity contribution is 9.10. The van der Waals surface area contributed by atoms with E-state index >= 15 is 0 Å². The second kappa shape index (κ2) is 4.64. The molecule has 2 N–H and O–H groups in total. The van der Waals surface area contributed by atoms with Crippen LogP contribution >= 0.6 is 15.9 Å². The second-order valence-electron chi connectivity index (χ2n) is 4.14. The maximum Gasteiger partial charge on any atom is 0.169 e. The molecule has 0 unspecified atom stereocenters. The highest BCUT2D eigenvalue weighted by atomic mass is 79.9. The third-order valence-electron chi connectivity index (χ3n) is 2.50. The minimum absolute atomic E-state index is 0.00823. The molecule has 0 saturated carbocycles. The van der Waals surface area contributed by atoms with Crippen molar-refractivity contribution in [2.45, 2.75) is 19.8 Å². The van der Waals surface area contributed by atoms with Crippen molar-refractivity contribution in [1.29, 1.82) is 0 Å². The maximum absolute atomic E-state index is 13.8. The number of halogens is 3. The van der Waals surface area contributed by atoms with Crippen molar-refractivity contribution in [3.8, 4) is 5.69 Å². The van der Waals surface area contributed by atoms with Crippen LogP contribution in [0.2, 0.25) is 0 Å². The molecule has 0 aliphatic carbocycles. The number of hydrogen-bond acceptors (Lipinski definition) is 3. The van der Waals surface area contributed by atoms with Gasteiger partial charge >= 0.3 is 0 Å². The van der Waals surface area contributed by atoms with Gasteiger partial charge in [-0.2, -0.15) is 0 Å². The number of nitrogens with zero attached hydrogens (tertiary/aromatic N) is 3. The summed E-state index contributed by atoms with van der Waals surface area (Å²) in [6.07, 6.45) is 0. The predicted molar refractivity (Wildman–Crippen MR) is 67.5 cm³/mol. The summed E-state index contributed by atoms with van der Waals surface area (Å²) in [6, 6.07) is 2.10. The molecule has 4 nitrogen and oxygen atoms in total. The molecule has 0 bridgehead atoms.